The van der Waals surface area contributed by atoms with Crippen LogP contribution in [0.15, 0.2) is 29.2 Å². The molecule has 2 rings (SSSR count). The molecule has 3 nitrogen and oxygen atoms in total. The first-order valence-corrected chi connectivity index (χ1v) is 7.91. The Bertz CT molecular complexity index is 444. The van der Waals surface area contributed by atoms with Crippen molar-refractivity contribution in [2.24, 2.45) is 0 Å². The Morgan fingerprint density at radius 1 is 1.25 bits per heavy atom. The molecule has 0 aliphatic carbocycles. The van der Waals surface area contributed by atoms with E-state index in [0.29, 0.717) is 0 Å². The third-order valence-corrected chi connectivity index (χ3v) is 4.70. The summed E-state index contributed by atoms with van der Waals surface area (Å²) in [6, 6.07) is 6.30. The van der Waals surface area contributed by atoms with E-state index >= 15 is 0 Å². The first kappa shape index (κ1) is 15.3. The number of benzene rings is 1. The second-order valence-corrected chi connectivity index (χ2v) is 6.39. The van der Waals surface area contributed by atoms with Crippen molar-refractivity contribution < 1.29 is 9.18 Å². The topological polar surface area (TPSA) is 23.6 Å². The van der Waals surface area contributed by atoms with Crippen LogP contribution in [0.1, 0.15) is 13.8 Å². The molecule has 1 amide bonds. The van der Waals surface area contributed by atoms with Crippen LogP contribution in [0, 0.1) is 5.82 Å². The summed E-state index contributed by atoms with van der Waals surface area (Å²) in [7, 11) is 0. The molecule has 1 heterocycles. The number of amides is 1. The van der Waals surface area contributed by atoms with Gasteiger partial charge in [0.05, 0.1) is 5.25 Å². The minimum atomic E-state index is -0.246. The van der Waals surface area contributed by atoms with Crippen LogP contribution in [-0.2, 0) is 4.79 Å². The fourth-order valence-electron chi connectivity index (χ4n) is 2.31. The second-order valence-electron chi connectivity index (χ2n) is 4.97. The Hall–Kier alpha value is -1.07. The molecule has 1 aromatic rings. The number of likely N-dealkylation sites (N-methyl/N-ethyl adjacent to an activating group) is 1. The molecule has 0 saturated carbocycles. The first-order chi connectivity index (χ1) is 9.60. The van der Waals surface area contributed by atoms with Crippen molar-refractivity contribution in [2.45, 2.75) is 24.0 Å². The fraction of sp³-hybridized carbons (Fsp3) is 0.533. The average Bonchev–Trinajstić information content (AvgIpc) is 2.49. The van der Waals surface area contributed by atoms with Crippen LogP contribution in [0.5, 0.6) is 0 Å². The number of hydrogen-bond donors (Lipinski definition) is 0. The summed E-state index contributed by atoms with van der Waals surface area (Å²) in [6.45, 7) is 8.63. The van der Waals surface area contributed by atoms with Gasteiger partial charge in [0.2, 0.25) is 5.91 Å². The predicted octanol–water partition coefficient (Wildman–Crippen LogP) is 2.47. The normalized spacial score (nSPS) is 18.1. The van der Waals surface area contributed by atoms with Crippen molar-refractivity contribution in [3.8, 4) is 0 Å². The largest absolute Gasteiger partial charge is 0.339 e. The number of rotatable bonds is 4. The standard InChI is InChI=1S/C15H21FN2OS/c1-3-17-8-10-18(11-9-17)15(19)12(2)20-14-6-4-13(16)5-7-14/h4-7,12H,3,8-11H2,1-2H3. The number of hydrogen-bond acceptors (Lipinski definition) is 3. The zero-order valence-corrected chi connectivity index (χ0v) is 12.8. The Kier molecular flexibility index (Phi) is 5.43. The molecule has 1 unspecified atom stereocenters. The molecule has 1 fully saturated rings. The van der Waals surface area contributed by atoms with Gasteiger partial charge in [-0.15, -0.1) is 11.8 Å². The van der Waals surface area contributed by atoms with Gasteiger partial charge in [0.1, 0.15) is 5.82 Å². The number of carbonyl (C=O) groups is 1. The lowest BCUT2D eigenvalue weighted by Crippen LogP contribution is -2.50. The van der Waals surface area contributed by atoms with Gasteiger partial charge in [-0.2, -0.15) is 0 Å². The summed E-state index contributed by atoms with van der Waals surface area (Å²) in [5.74, 6) is -0.0703. The van der Waals surface area contributed by atoms with Crippen LogP contribution in [0.2, 0.25) is 0 Å². The number of carbonyl (C=O) groups excluding carboxylic acids is 1. The smallest absolute Gasteiger partial charge is 0.235 e. The third kappa shape index (κ3) is 3.96. The number of piperazine rings is 1. The maximum Gasteiger partial charge on any atom is 0.235 e. The Morgan fingerprint density at radius 2 is 1.85 bits per heavy atom. The molecule has 0 aromatic heterocycles. The highest BCUT2D eigenvalue weighted by Crippen LogP contribution is 2.25. The summed E-state index contributed by atoms with van der Waals surface area (Å²) in [4.78, 5) is 17.6. The minimum absolute atomic E-state index is 0.131. The highest BCUT2D eigenvalue weighted by atomic mass is 32.2. The van der Waals surface area contributed by atoms with Crippen molar-refractivity contribution in [1.82, 2.24) is 9.80 Å². The number of halogens is 1. The van der Waals surface area contributed by atoms with Gasteiger partial charge < -0.3 is 9.80 Å². The van der Waals surface area contributed by atoms with Gasteiger partial charge >= 0.3 is 0 Å². The van der Waals surface area contributed by atoms with Crippen LogP contribution < -0.4 is 0 Å². The molecule has 1 atom stereocenters. The van der Waals surface area contributed by atoms with Gasteiger partial charge in [-0.25, -0.2) is 4.39 Å². The SMILES string of the molecule is CCN1CCN(C(=O)C(C)Sc2ccc(F)cc2)CC1. The maximum atomic E-state index is 12.9. The Morgan fingerprint density at radius 3 is 2.40 bits per heavy atom. The van der Waals surface area contributed by atoms with E-state index < -0.39 is 0 Å². The van der Waals surface area contributed by atoms with E-state index in [4.69, 9.17) is 0 Å². The molecule has 1 aliphatic heterocycles. The van der Waals surface area contributed by atoms with Crippen molar-refractivity contribution in [2.75, 3.05) is 32.7 Å². The molecule has 0 N–H and O–H groups in total. The lowest BCUT2D eigenvalue weighted by Gasteiger charge is -2.35. The number of thioether (sulfide) groups is 1. The predicted molar refractivity (Wildman–Crippen MR) is 80.4 cm³/mol. The third-order valence-electron chi connectivity index (χ3n) is 3.61. The van der Waals surface area contributed by atoms with E-state index in [1.54, 1.807) is 12.1 Å². The fourth-order valence-corrected chi connectivity index (χ4v) is 3.26. The van der Waals surface area contributed by atoms with Gasteiger partial charge in [0, 0.05) is 31.1 Å². The van der Waals surface area contributed by atoms with Crippen molar-refractivity contribution in [1.29, 1.82) is 0 Å². The zero-order valence-electron chi connectivity index (χ0n) is 12.0. The van der Waals surface area contributed by atoms with Gasteiger partial charge in [-0.3, -0.25) is 4.79 Å². The zero-order chi connectivity index (χ0) is 14.5. The average molecular weight is 296 g/mol. The van der Waals surface area contributed by atoms with E-state index in [1.807, 2.05) is 11.8 Å². The van der Waals surface area contributed by atoms with Crippen LogP contribution in [0.3, 0.4) is 0 Å². The van der Waals surface area contributed by atoms with Gasteiger partial charge in [0.25, 0.3) is 0 Å². The summed E-state index contributed by atoms with van der Waals surface area (Å²) in [5.41, 5.74) is 0. The molecule has 20 heavy (non-hydrogen) atoms. The molecule has 110 valence electrons. The van der Waals surface area contributed by atoms with E-state index in [0.717, 1.165) is 37.6 Å². The molecule has 1 saturated heterocycles. The van der Waals surface area contributed by atoms with E-state index in [-0.39, 0.29) is 17.0 Å². The first-order valence-electron chi connectivity index (χ1n) is 7.03. The van der Waals surface area contributed by atoms with E-state index in [1.165, 1.54) is 23.9 Å². The Balaban J connectivity index is 1.87. The van der Waals surface area contributed by atoms with Crippen LogP contribution in [0.4, 0.5) is 4.39 Å². The van der Waals surface area contributed by atoms with Crippen molar-refractivity contribution >= 4 is 17.7 Å². The lowest BCUT2D eigenvalue weighted by molar-refractivity contribution is -0.132. The molecule has 0 bridgehead atoms. The molecule has 1 aliphatic rings. The number of nitrogens with zero attached hydrogens (tertiary/aromatic N) is 2. The highest BCUT2D eigenvalue weighted by molar-refractivity contribution is 8.00. The minimum Gasteiger partial charge on any atom is -0.339 e. The summed E-state index contributed by atoms with van der Waals surface area (Å²) in [6.07, 6.45) is 0. The quantitative estimate of drug-likeness (QED) is 0.798. The molecule has 5 heteroatoms. The van der Waals surface area contributed by atoms with Gasteiger partial charge in [-0.1, -0.05) is 6.92 Å². The van der Waals surface area contributed by atoms with E-state index in [9.17, 15) is 9.18 Å². The lowest BCUT2D eigenvalue weighted by atomic mass is 10.3. The molecular formula is C15H21FN2OS. The highest BCUT2D eigenvalue weighted by Gasteiger charge is 2.24. The molecule has 1 aromatic carbocycles. The summed E-state index contributed by atoms with van der Waals surface area (Å²) < 4.78 is 12.9. The monoisotopic (exact) mass is 296 g/mol. The second kappa shape index (κ2) is 7.09. The van der Waals surface area contributed by atoms with Crippen LogP contribution >= 0.6 is 11.8 Å². The maximum absolute atomic E-state index is 12.9. The Labute approximate surface area is 124 Å². The molecular weight excluding hydrogens is 275 g/mol. The van der Waals surface area contributed by atoms with Gasteiger partial charge in [0.15, 0.2) is 0 Å². The summed E-state index contributed by atoms with van der Waals surface area (Å²) in [5, 5.41) is -0.131. The molecule has 0 spiro atoms. The van der Waals surface area contributed by atoms with E-state index in [2.05, 4.69) is 11.8 Å². The van der Waals surface area contributed by atoms with Gasteiger partial charge in [-0.05, 0) is 37.7 Å². The molecule has 0 radical (unpaired) electrons. The summed E-state index contributed by atoms with van der Waals surface area (Å²) >= 11 is 1.49. The van der Waals surface area contributed by atoms with Crippen LogP contribution in [0.25, 0.3) is 0 Å². The van der Waals surface area contributed by atoms with Crippen molar-refractivity contribution in [3.63, 3.8) is 0 Å². The van der Waals surface area contributed by atoms with Crippen LogP contribution in [-0.4, -0.2) is 53.7 Å². The van der Waals surface area contributed by atoms with Crippen molar-refractivity contribution in [3.05, 3.63) is 30.1 Å².